The summed E-state index contributed by atoms with van der Waals surface area (Å²) in [6, 6.07) is 7.85. The van der Waals surface area contributed by atoms with Gasteiger partial charge in [0.25, 0.3) is 6.43 Å². The number of hydrogen-bond donors (Lipinski definition) is 1. The Hall–Kier alpha value is -2.87. The van der Waals surface area contributed by atoms with Gasteiger partial charge in [0.05, 0.1) is 12.7 Å². The van der Waals surface area contributed by atoms with Crippen LogP contribution in [0.1, 0.15) is 31.6 Å². The Morgan fingerprint density at radius 1 is 1.16 bits per heavy atom. The number of fused-ring (bicyclic) bond motifs is 1. The first-order valence-corrected chi connectivity index (χ1v) is 10.5. The smallest absolute Gasteiger partial charge is 0.251 e. The van der Waals surface area contributed by atoms with Crippen molar-refractivity contribution in [1.82, 2.24) is 14.9 Å². The van der Waals surface area contributed by atoms with E-state index >= 15 is 0 Å². The van der Waals surface area contributed by atoms with E-state index in [1.165, 1.54) is 0 Å². The van der Waals surface area contributed by atoms with Gasteiger partial charge in [-0.05, 0) is 50.2 Å². The van der Waals surface area contributed by atoms with E-state index in [0.717, 1.165) is 29.2 Å². The highest BCUT2D eigenvalue weighted by molar-refractivity contribution is 5.94. The lowest BCUT2D eigenvalue weighted by molar-refractivity contribution is -0.121. The van der Waals surface area contributed by atoms with Gasteiger partial charge in [-0.3, -0.25) is 9.69 Å². The van der Waals surface area contributed by atoms with Crippen molar-refractivity contribution in [3.05, 3.63) is 42.5 Å². The summed E-state index contributed by atoms with van der Waals surface area (Å²) in [5, 5.41) is 4.82. The minimum absolute atomic E-state index is 0.0659. The van der Waals surface area contributed by atoms with Crippen molar-refractivity contribution in [2.45, 2.75) is 45.1 Å². The molecule has 0 aliphatic heterocycles. The van der Waals surface area contributed by atoms with Crippen molar-refractivity contribution >= 4 is 22.5 Å². The molecule has 1 aliphatic rings. The van der Waals surface area contributed by atoms with Crippen LogP contribution in [-0.4, -0.2) is 46.8 Å². The molecular weight excluding hydrogens is 402 g/mol. The lowest BCUT2D eigenvalue weighted by Crippen LogP contribution is -2.39. The van der Waals surface area contributed by atoms with Crippen LogP contribution < -0.4 is 5.32 Å². The quantitative estimate of drug-likeness (QED) is 0.605. The Morgan fingerprint density at radius 2 is 1.94 bits per heavy atom. The predicted octanol–water partition coefficient (Wildman–Crippen LogP) is 4.89. The number of alkyl halides is 2. The number of halogens is 2. The van der Waals surface area contributed by atoms with Gasteiger partial charge in [-0.25, -0.2) is 18.7 Å². The van der Waals surface area contributed by atoms with E-state index in [1.54, 1.807) is 31.3 Å². The van der Waals surface area contributed by atoms with E-state index in [0.29, 0.717) is 30.3 Å². The maximum Gasteiger partial charge on any atom is 0.251 e. The van der Waals surface area contributed by atoms with Gasteiger partial charge in [-0.15, -0.1) is 0 Å². The molecule has 1 N–H and O–H groups in total. The number of benzene rings is 1. The van der Waals surface area contributed by atoms with Gasteiger partial charge in [-0.1, -0.05) is 12.1 Å². The maximum atomic E-state index is 12.7. The lowest BCUT2D eigenvalue weighted by Gasteiger charge is -2.33. The molecule has 1 saturated carbocycles. The highest BCUT2D eigenvalue weighted by atomic mass is 19.3. The van der Waals surface area contributed by atoms with Crippen molar-refractivity contribution in [2.24, 2.45) is 5.92 Å². The third-order valence-electron chi connectivity index (χ3n) is 6.00. The number of nitrogens with zero attached hydrogens (tertiary/aromatic N) is 3. The molecule has 2 heterocycles. The van der Waals surface area contributed by atoms with Crippen molar-refractivity contribution in [2.75, 3.05) is 18.9 Å². The number of amides is 1. The predicted molar refractivity (Wildman–Crippen MR) is 115 cm³/mol. The summed E-state index contributed by atoms with van der Waals surface area (Å²) >= 11 is 0. The second-order valence-corrected chi connectivity index (χ2v) is 8.20. The maximum absolute atomic E-state index is 12.7. The molecule has 0 bridgehead atoms. The molecule has 4 rings (SSSR count). The molecule has 0 saturated heterocycles. The number of nitrogens with one attached hydrogen (secondary N) is 1. The van der Waals surface area contributed by atoms with Crippen LogP contribution >= 0.6 is 0 Å². The van der Waals surface area contributed by atoms with Crippen molar-refractivity contribution < 1.29 is 18.0 Å². The van der Waals surface area contributed by atoms with Gasteiger partial charge in [-0.2, -0.15) is 0 Å². The number of hydrogen-bond acceptors (Lipinski definition) is 5. The Kier molecular flexibility index (Phi) is 6.27. The third kappa shape index (κ3) is 5.07. The van der Waals surface area contributed by atoms with E-state index in [1.807, 2.05) is 24.3 Å². The van der Waals surface area contributed by atoms with Crippen LogP contribution in [0.15, 0.2) is 41.1 Å². The molecule has 0 spiro atoms. The number of carbonyl (C=O) groups excluding carboxylic acids is 1. The van der Waals surface area contributed by atoms with Gasteiger partial charge in [0.2, 0.25) is 5.91 Å². The van der Waals surface area contributed by atoms with E-state index in [2.05, 4.69) is 15.3 Å². The molecule has 1 amide bonds. The number of aryl methyl sites for hydroxylation is 1. The summed E-state index contributed by atoms with van der Waals surface area (Å²) in [7, 11) is 1.73. The van der Waals surface area contributed by atoms with Crippen LogP contribution in [0.25, 0.3) is 22.1 Å². The highest BCUT2D eigenvalue weighted by Gasteiger charge is 2.29. The van der Waals surface area contributed by atoms with Crippen molar-refractivity contribution in [3.8, 4) is 11.3 Å². The zero-order valence-corrected chi connectivity index (χ0v) is 17.6. The summed E-state index contributed by atoms with van der Waals surface area (Å²) in [5.41, 5.74) is 0.905. The molecular formula is C23H26F2N4O2. The molecule has 0 atom stereocenters. The Bertz CT molecular complexity index is 1060. The SMILES string of the molecule is Cc1ncc(-c2ccc3cnc(NC(=O)[C@H]4CC[C@H](N(C)CC(F)F)CC4)cc3c2)o1. The molecule has 0 radical (unpaired) electrons. The fourth-order valence-electron chi connectivity index (χ4n) is 4.23. The largest absolute Gasteiger partial charge is 0.441 e. The van der Waals surface area contributed by atoms with Crippen LogP contribution in [0.2, 0.25) is 0 Å². The number of rotatable bonds is 6. The summed E-state index contributed by atoms with van der Waals surface area (Å²) in [6.45, 7) is 1.57. The number of anilines is 1. The fraction of sp³-hybridized carbons (Fsp3) is 0.435. The molecule has 31 heavy (non-hydrogen) atoms. The van der Waals surface area contributed by atoms with E-state index in [4.69, 9.17) is 4.42 Å². The van der Waals surface area contributed by atoms with Gasteiger partial charge in [0.15, 0.2) is 11.7 Å². The first-order valence-electron chi connectivity index (χ1n) is 10.5. The molecule has 1 aliphatic carbocycles. The van der Waals surface area contributed by atoms with Crippen molar-refractivity contribution in [3.63, 3.8) is 0 Å². The van der Waals surface area contributed by atoms with Gasteiger partial charge < -0.3 is 9.73 Å². The minimum Gasteiger partial charge on any atom is -0.441 e. The Labute approximate surface area is 179 Å². The summed E-state index contributed by atoms with van der Waals surface area (Å²) in [5.74, 6) is 1.60. The van der Waals surface area contributed by atoms with Gasteiger partial charge >= 0.3 is 0 Å². The Morgan fingerprint density at radius 3 is 2.61 bits per heavy atom. The molecule has 1 fully saturated rings. The zero-order valence-electron chi connectivity index (χ0n) is 17.6. The molecule has 8 heteroatoms. The number of carbonyl (C=O) groups is 1. The van der Waals surface area contributed by atoms with E-state index in [9.17, 15) is 13.6 Å². The molecule has 0 unspecified atom stereocenters. The summed E-state index contributed by atoms with van der Waals surface area (Å²) in [6.07, 6.45) is 3.95. The second-order valence-electron chi connectivity index (χ2n) is 8.20. The molecule has 1 aromatic carbocycles. The number of oxazole rings is 1. The normalized spacial score (nSPS) is 19.3. The topological polar surface area (TPSA) is 71.3 Å². The van der Waals surface area contributed by atoms with Crippen LogP contribution in [0.5, 0.6) is 0 Å². The minimum atomic E-state index is -2.33. The van der Waals surface area contributed by atoms with Gasteiger partial charge in [0, 0.05) is 36.0 Å². The fourth-order valence-corrected chi connectivity index (χ4v) is 4.23. The molecule has 3 aromatic rings. The average Bonchev–Trinajstić information content (AvgIpc) is 3.19. The number of pyridine rings is 1. The van der Waals surface area contributed by atoms with Crippen LogP contribution in [-0.2, 0) is 4.79 Å². The monoisotopic (exact) mass is 428 g/mol. The van der Waals surface area contributed by atoms with E-state index in [-0.39, 0.29) is 24.4 Å². The first-order chi connectivity index (χ1) is 14.9. The molecule has 6 nitrogen and oxygen atoms in total. The highest BCUT2D eigenvalue weighted by Crippen LogP contribution is 2.29. The van der Waals surface area contributed by atoms with Crippen molar-refractivity contribution in [1.29, 1.82) is 0 Å². The summed E-state index contributed by atoms with van der Waals surface area (Å²) < 4.78 is 30.8. The summed E-state index contributed by atoms with van der Waals surface area (Å²) in [4.78, 5) is 22.9. The van der Waals surface area contributed by atoms with E-state index < -0.39 is 6.43 Å². The molecule has 164 valence electrons. The first kappa shape index (κ1) is 21.4. The average molecular weight is 428 g/mol. The Balaban J connectivity index is 1.41. The number of aromatic nitrogens is 2. The molecule has 2 aromatic heterocycles. The van der Waals surface area contributed by atoms with Crippen LogP contribution in [0, 0.1) is 12.8 Å². The standard InChI is InChI=1S/C23H26F2N4O2/c1-14-26-12-20(31-14)16-3-4-17-11-27-22(10-18(17)9-16)28-23(30)15-5-7-19(8-6-15)29(2)13-21(24)25/h3-4,9-12,15,19,21H,5-8,13H2,1-2H3,(H,27,28,30)/t15-,19-. The lowest BCUT2D eigenvalue weighted by atomic mass is 9.85. The van der Waals surface area contributed by atoms with Crippen LogP contribution in [0.3, 0.4) is 0 Å². The van der Waals surface area contributed by atoms with Crippen LogP contribution in [0.4, 0.5) is 14.6 Å². The second kappa shape index (κ2) is 9.09. The third-order valence-corrected chi connectivity index (χ3v) is 6.00. The zero-order chi connectivity index (χ0) is 22.0. The van der Waals surface area contributed by atoms with Gasteiger partial charge in [0.1, 0.15) is 5.82 Å².